The van der Waals surface area contributed by atoms with Crippen LogP contribution in [-0.2, 0) is 16.0 Å². The van der Waals surface area contributed by atoms with Crippen molar-refractivity contribution in [2.24, 2.45) is 10.8 Å². The van der Waals surface area contributed by atoms with E-state index < -0.39 is 5.41 Å². The van der Waals surface area contributed by atoms with Crippen molar-refractivity contribution in [3.63, 3.8) is 0 Å². The van der Waals surface area contributed by atoms with Crippen molar-refractivity contribution in [2.45, 2.75) is 46.5 Å². The lowest BCUT2D eigenvalue weighted by atomic mass is 9.73. The minimum atomic E-state index is -0.603. The molecule has 5 heteroatoms. The number of nitrogens with zero attached hydrogens (tertiary/aromatic N) is 2. The Labute approximate surface area is 179 Å². The highest BCUT2D eigenvalue weighted by atomic mass is 16.2. The SMILES string of the molecule is CNC(=O)[C@]1(Cc2cccc(-c3cccnc3)c2)CCCN(C(=O)CC(C)(C)C)C1. The summed E-state index contributed by atoms with van der Waals surface area (Å²) < 4.78 is 0. The van der Waals surface area contributed by atoms with Crippen LogP contribution in [0.4, 0.5) is 0 Å². The van der Waals surface area contributed by atoms with E-state index in [9.17, 15) is 9.59 Å². The highest BCUT2D eigenvalue weighted by molar-refractivity contribution is 5.85. The molecule has 3 rings (SSSR count). The molecule has 30 heavy (non-hydrogen) atoms. The minimum Gasteiger partial charge on any atom is -0.359 e. The van der Waals surface area contributed by atoms with Crippen LogP contribution >= 0.6 is 0 Å². The molecule has 0 unspecified atom stereocenters. The maximum absolute atomic E-state index is 13.0. The van der Waals surface area contributed by atoms with Crippen LogP contribution in [0.15, 0.2) is 48.8 Å². The molecule has 2 amide bonds. The second-order valence-corrected chi connectivity index (χ2v) is 9.63. The Morgan fingerprint density at radius 3 is 2.60 bits per heavy atom. The van der Waals surface area contributed by atoms with E-state index >= 15 is 0 Å². The number of rotatable bonds is 5. The van der Waals surface area contributed by atoms with Crippen molar-refractivity contribution >= 4 is 11.8 Å². The van der Waals surface area contributed by atoms with E-state index in [1.807, 2.05) is 29.3 Å². The number of benzene rings is 1. The molecule has 2 heterocycles. The molecule has 0 aliphatic carbocycles. The average molecular weight is 408 g/mol. The minimum absolute atomic E-state index is 0.0162. The molecule has 5 nitrogen and oxygen atoms in total. The van der Waals surface area contributed by atoms with Crippen LogP contribution in [-0.4, -0.2) is 41.8 Å². The molecule has 160 valence electrons. The zero-order chi connectivity index (χ0) is 21.8. The van der Waals surface area contributed by atoms with Gasteiger partial charge in [0.15, 0.2) is 0 Å². The third-order valence-corrected chi connectivity index (χ3v) is 5.78. The number of nitrogens with one attached hydrogen (secondary N) is 1. The van der Waals surface area contributed by atoms with Gasteiger partial charge in [0.2, 0.25) is 11.8 Å². The fourth-order valence-corrected chi connectivity index (χ4v) is 4.37. The van der Waals surface area contributed by atoms with Crippen LogP contribution in [0.1, 0.15) is 45.6 Å². The van der Waals surface area contributed by atoms with E-state index in [4.69, 9.17) is 0 Å². The molecule has 1 aliphatic heterocycles. The smallest absolute Gasteiger partial charge is 0.228 e. The van der Waals surface area contributed by atoms with Crippen LogP contribution < -0.4 is 5.32 Å². The van der Waals surface area contributed by atoms with Crippen molar-refractivity contribution in [2.75, 3.05) is 20.1 Å². The number of aromatic nitrogens is 1. The summed E-state index contributed by atoms with van der Waals surface area (Å²) in [4.78, 5) is 32.0. The maximum Gasteiger partial charge on any atom is 0.228 e. The topological polar surface area (TPSA) is 62.3 Å². The molecule has 1 saturated heterocycles. The number of piperidine rings is 1. The standard InChI is InChI=1S/C25H33N3O2/c1-24(2,3)16-22(29)28-13-7-11-25(18-28,23(30)26-4)15-19-8-5-9-20(14-19)21-10-6-12-27-17-21/h5-6,8-10,12,14,17H,7,11,13,15-16,18H2,1-4H3,(H,26,30)/t25-/m0/s1. The van der Waals surface area contributed by atoms with Crippen molar-refractivity contribution in [3.8, 4) is 11.1 Å². The summed E-state index contributed by atoms with van der Waals surface area (Å²) >= 11 is 0. The quantitative estimate of drug-likeness (QED) is 0.812. The van der Waals surface area contributed by atoms with Crippen LogP contribution in [0.3, 0.4) is 0 Å². The largest absolute Gasteiger partial charge is 0.359 e. The van der Waals surface area contributed by atoms with E-state index in [1.54, 1.807) is 13.2 Å². The normalized spacial score (nSPS) is 19.4. The van der Waals surface area contributed by atoms with Crippen LogP contribution in [0, 0.1) is 10.8 Å². The number of carbonyl (C=O) groups excluding carboxylic acids is 2. The first-order valence-corrected chi connectivity index (χ1v) is 10.7. The Morgan fingerprint density at radius 1 is 1.17 bits per heavy atom. The number of hydrogen-bond donors (Lipinski definition) is 1. The lowest BCUT2D eigenvalue weighted by Crippen LogP contribution is -2.54. The van der Waals surface area contributed by atoms with Crippen LogP contribution in [0.5, 0.6) is 0 Å². The maximum atomic E-state index is 13.0. The third-order valence-electron chi connectivity index (χ3n) is 5.78. The molecule has 2 aromatic rings. The first kappa shape index (κ1) is 22.0. The number of carbonyl (C=O) groups is 2. The molecular weight excluding hydrogens is 374 g/mol. The van der Waals surface area contributed by atoms with Gasteiger partial charge in [-0.1, -0.05) is 51.1 Å². The van der Waals surface area contributed by atoms with Crippen LogP contribution in [0.25, 0.3) is 11.1 Å². The summed E-state index contributed by atoms with van der Waals surface area (Å²) in [6.07, 6.45) is 6.34. The first-order chi connectivity index (χ1) is 14.2. The van der Waals surface area contributed by atoms with Gasteiger partial charge in [-0.15, -0.1) is 0 Å². The second kappa shape index (κ2) is 8.99. The predicted octanol–water partition coefficient (Wildman–Crippen LogP) is 4.08. The highest BCUT2D eigenvalue weighted by Gasteiger charge is 2.43. The summed E-state index contributed by atoms with van der Waals surface area (Å²) in [5, 5.41) is 2.86. The molecule has 0 saturated carbocycles. The van der Waals surface area contributed by atoms with E-state index in [1.165, 1.54) is 0 Å². The number of amides is 2. The fourth-order valence-electron chi connectivity index (χ4n) is 4.37. The van der Waals surface area contributed by atoms with Gasteiger partial charge in [-0.05, 0) is 47.4 Å². The zero-order valence-corrected chi connectivity index (χ0v) is 18.6. The van der Waals surface area contributed by atoms with Crippen molar-refractivity contribution < 1.29 is 9.59 Å². The van der Waals surface area contributed by atoms with E-state index in [0.29, 0.717) is 19.4 Å². The number of hydrogen-bond acceptors (Lipinski definition) is 3. The first-order valence-electron chi connectivity index (χ1n) is 10.7. The Balaban J connectivity index is 1.86. The Bertz CT molecular complexity index is 889. The molecule has 1 aliphatic rings. The second-order valence-electron chi connectivity index (χ2n) is 9.63. The molecule has 0 spiro atoms. The Morgan fingerprint density at radius 2 is 1.93 bits per heavy atom. The Hall–Kier alpha value is -2.69. The molecule has 1 aromatic carbocycles. The van der Waals surface area contributed by atoms with Gasteiger partial charge in [-0.25, -0.2) is 0 Å². The molecule has 1 atom stereocenters. The number of pyridine rings is 1. The van der Waals surface area contributed by atoms with Crippen molar-refractivity contribution in [1.82, 2.24) is 15.2 Å². The average Bonchev–Trinajstić information content (AvgIpc) is 2.73. The molecular formula is C25H33N3O2. The molecule has 1 fully saturated rings. The zero-order valence-electron chi connectivity index (χ0n) is 18.6. The van der Waals surface area contributed by atoms with Crippen molar-refractivity contribution in [3.05, 3.63) is 54.4 Å². The summed E-state index contributed by atoms with van der Waals surface area (Å²) in [6, 6.07) is 12.3. The Kier molecular flexibility index (Phi) is 6.59. The number of likely N-dealkylation sites (tertiary alicyclic amines) is 1. The van der Waals surface area contributed by atoms with Gasteiger partial charge >= 0.3 is 0 Å². The van der Waals surface area contributed by atoms with E-state index in [-0.39, 0.29) is 17.2 Å². The van der Waals surface area contributed by atoms with Gasteiger partial charge in [-0.2, -0.15) is 0 Å². The summed E-state index contributed by atoms with van der Waals surface area (Å²) in [5.41, 5.74) is 2.57. The molecule has 0 radical (unpaired) electrons. The van der Waals surface area contributed by atoms with Gasteiger partial charge in [0.1, 0.15) is 0 Å². The van der Waals surface area contributed by atoms with Gasteiger partial charge in [-0.3, -0.25) is 14.6 Å². The highest BCUT2D eigenvalue weighted by Crippen LogP contribution is 2.36. The lowest BCUT2D eigenvalue weighted by molar-refractivity contribution is -0.142. The van der Waals surface area contributed by atoms with E-state index in [2.05, 4.69) is 49.3 Å². The third kappa shape index (κ3) is 5.26. The monoisotopic (exact) mass is 407 g/mol. The van der Waals surface area contributed by atoms with Gasteiger partial charge in [0.05, 0.1) is 5.41 Å². The summed E-state index contributed by atoms with van der Waals surface area (Å²) in [6.45, 7) is 7.42. The van der Waals surface area contributed by atoms with Crippen LogP contribution in [0.2, 0.25) is 0 Å². The van der Waals surface area contributed by atoms with E-state index in [0.717, 1.165) is 36.1 Å². The molecule has 1 N–H and O–H groups in total. The van der Waals surface area contributed by atoms with Crippen molar-refractivity contribution in [1.29, 1.82) is 0 Å². The lowest BCUT2D eigenvalue weighted by Gasteiger charge is -2.42. The predicted molar refractivity (Wildman–Crippen MR) is 120 cm³/mol. The molecule has 0 bridgehead atoms. The van der Waals surface area contributed by atoms with Gasteiger partial charge in [0.25, 0.3) is 0 Å². The fraction of sp³-hybridized carbons (Fsp3) is 0.480. The van der Waals surface area contributed by atoms with Gasteiger partial charge in [0, 0.05) is 39.0 Å². The summed E-state index contributed by atoms with van der Waals surface area (Å²) in [7, 11) is 1.69. The van der Waals surface area contributed by atoms with Gasteiger partial charge < -0.3 is 10.2 Å². The molecule has 1 aromatic heterocycles. The summed E-state index contributed by atoms with van der Waals surface area (Å²) in [5.74, 6) is 0.155.